The Hall–Kier alpha value is -1.36. The molecular formula is C13H23N3O2. The number of aliphatic hydroxyl groups excluding tert-OH is 1. The van der Waals surface area contributed by atoms with Crippen molar-refractivity contribution in [3.63, 3.8) is 0 Å². The van der Waals surface area contributed by atoms with Crippen molar-refractivity contribution in [2.24, 2.45) is 0 Å². The summed E-state index contributed by atoms with van der Waals surface area (Å²) >= 11 is 0. The third-order valence-corrected chi connectivity index (χ3v) is 2.86. The second kappa shape index (κ2) is 7.16. The minimum absolute atomic E-state index is 0.0352. The maximum atomic E-state index is 11.7. The molecule has 2 N–H and O–H groups in total. The summed E-state index contributed by atoms with van der Waals surface area (Å²) < 4.78 is 1.85. The van der Waals surface area contributed by atoms with Crippen LogP contribution in [0.2, 0.25) is 0 Å². The van der Waals surface area contributed by atoms with Gasteiger partial charge in [-0.3, -0.25) is 9.48 Å². The number of hydrogen-bond acceptors (Lipinski definition) is 3. The van der Waals surface area contributed by atoms with Crippen molar-refractivity contribution in [1.82, 2.24) is 15.1 Å². The molecule has 5 nitrogen and oxygen atoms in total. The van der Waals surface area contributed by atoms with Crippen molar-refractivity contribution in [3.8, 4) is 0 Å². The number of aryl methyl sites for hydroxylation is 3. The molecule has 1 aromatic heterocycles. The molecule has 0 aliphatic carbocycles. The lowest BCUT2D eigenvalue weighted by atomic mass is 10.2. The minimum atomic E-state index is 0.0352. The molecule has 1 rings (SSSR count). The highest BCUT2D eigenvalue weighted by molar-refractivity contribution is 5.76. The number of nitrogens with zero attached hydrogens (tertiary/aromatic N) is 2. The fraction of sp³-hybridized carbons (Fsp3) is 0.692. The first kappa shape index (κ1) is 14.7. The van der Waals surface area contributed by atoms with E-state index in [-0.39, 0.29) is 18.6 Å². The molecule has 0 saturated carbocycles. The lowest BCUT2D eigenvalue weighted by molar-refractivity contribution is -0.122. The lowest BCUT2D eigenvalue weighted by Crippen LogP contribution is -2.33. The van der Waals surface area contributed by atoms with Gasteiger partial charge in [0.1, 0.15) is 0 Å². The van der Waals surface area contributed by atoms with E-state index in [4.69, 9.17) is 5.11 Å². The molecule has 5 heteroatoms. The van der Waals surface area contributed by atoms with E-state index in [0.29, 0.717) is 13.0 Å². The SMILES string of the molecule is Cc1cc(C)n(CCC(=O)NC(C)CCCO)n1. The first-order valence-electron chi connectivity index (χ1n) is 6.44. The number of amides is 1. The van der Waals surface area contributed by atoms with Crippen LogP contribution < -0.4 is 5.32 Å². The third kappa shape index (κ3) is 4.87. The topological polar surface area (TPSA) is 67.2 Å². The van der Waals surface area contributed by atoms with Crippen LogP contribution in [0.25, 0.3) is 0 Å². The zero-order valence-electron chi connectivity index (χ0n) is 11.4. The number of carbonyl (C=O) groups excluding carboxylic acids is 1. The molecule has 1 aromatic rings. The summed E-state index contributed by atoms with van der Waals surface area (Å²) in [5, 5.41) is 15.9. The first-order valence-corrected chi connectivity index (χ1v) is 6.44. The zero-order valence-corrected chi connectivity index (χ0v) is 11.4. The van der Waals surface area contributed by atoms with E-state index in [1.54, 1.807) is 0 Å². The van der Waals surface area contributed by atoms with Gasteiger partial charge in [0.2, 0.25) is 5.91 Å². The Kier molecular flexibility index (Phi) is 5.85. The van der Waals surface area contributed by atoms with E-state index in [2.05, 4.69) is 10.4 Å². The molecule has 18 heavy (non-hydrogen) atoms. The second-order valence-electron chi connectivity index (χ2n) is 4.73. The van der Waals surface area contributed by atoms with Crippen LogP contribution >= 0.6 is 0 Å². The van der Waals surface area contributed by atoms with Crippen molar-refractivity contribution in [3.05, 3.63) is 17.5 Å². The highest BCUT2D eigenvalue weighted by Gasteiger charge is 2.08. The molecule has 0 aliphatic rings. The Balaban J connectivity index is 2.30. The van der Waals surface area contributed by atoms with E-state index < -0.39 is 0 Å². The van der Waals surface area contributed by atoms with E-state index >= 15 is 0 Å². The van der Waals surface area contributed by atoms with E-state index in [1.165, 1.54) is 0 Å². The molecule has 1 heterocycles. The van der Waals surface area contributed by atoms with Crippen LogP contribution in [0.3, 0.4) is 0 Å². The van der Waals surface area contributed by atoms with Crippen molar-refractivity contribution in [1.29, 1.82) is 0 Å². The zero-order chi connectivity index (χ0) is 13.5. The van der Waals surface area contributed by atoms with Gasteiger partial charge in [0.25, 0.3) is 0 Å². The Morgan fingerprint density at radius 1 is 1.56 bits per heavy atom. The maximum absolute atomic E-state index is 11.7. The van der Waals surface area contributed by atoms with Gasteiger partial charge in [-0.15, -0.1) is 0 Å². The predicted octanol–water partition coefficient (Wildman–Crippen LogP) is 1.17. The van der Waals surface area contributed by atoms with Crippen LogP contribution in [-0.4, -0.2) is 33.4 Å². The van der Waals surface area contributed by atoms with Crippen LogP contribution in [0.4, 0.5) is 0 Å². The monoisotopic (exact) mass is 253 g/mol. The van der Waals surface area contributed by atoms with Gasteiger partial charge in [-0.2, -0.15) is 5.10 Å². The Morgan fingerprint density at radius 2 is 2.28 bits per heavy atom. The summed E-state index contributed by atoms with van der Waals surface area (Å²) in [5.74, 6) is 0.0352. The van der Waals surface area contributed by atoms with Crippen LogP contribution in [0.1, 0.15) is 37.6 Å². The molecule has 0 radical (unpaired) electrons. The standard InChI is InChI=1S/C13H23N3O2/c1-10(5-4-8-17)14-13(18)6-7-16-12(3)9-11(2)15-16/h9-10,17H,4-8H2,1-3H3,(H,14,18). The molecular weight excluding hydrogens is 230 g/mol. The van der Waals surface area contributed by atoms with E-state index in [9.17, 15) is 4.79 Å². The average Bonchev–Trinajstić information content (AvgIpc) is 2.62. The van der Waals surface area contributed by atoms with Gasteiger partial charge >= 0.3 is 0 Å². The Morgan fingerprint density at radius 3 is 2.83 bits per heavy atom. The van der Waals surface area contributed by atoms with Gasteiger partial charge in [0, 0.05) is 31.3 Å². The minimum Gasteiger partial charge on any atom is -0.396 e. The van der Waals surface area contributed by atoms with Gasteiger partial charge in [0.15, 0.2) is 0 Å². The van der Waals surface area contributed by atoms with Crippen LogP contribution in [-0.2, 0) is 11.3 Å². The van der Waals surface area contributed by atoms with Gasteiger partial charge in [-0.25, -0.2) is 0 Å². The van der Waals surface area contributed by atoms with Gasteiger partial charge in [-0.05, 0) is 39.7 Å². The number of aromatic nitrogens is 2. The van der Waals surface area contributed by atoms with Crippen LogP contribution in [0, 0.1) is 13.8 Å². The molecule has 0 aromatic carbocycles. The van der Waals surface area contributed by atoms with Gasteiger partial charge in [-0.1, -0.05) is 0 Å². The van der Waals surface area contributed by atoms with E-state index in [1.807, 2.05) is 31.5 Å². The number of rotatable bonds is 7. The van der Waals surface area contributed by atoms with Crippen molar-refractivity contribution in [2.45, 2.75) is 52.6 Å². The highest BCUT2D eigenvalue weighted by atomic mass is 16.3. The second-order valence-corrected chi connectivity index (χ2v) is 4.73. The number of carbonyl (C=O) groups is 1. The number of nitrogens with one attached hydrogen (secondary N) is 1. The largest absolute Gasteiger partial charge is 0.396 e. The fourth-order valence-electron chi connectivity index (χ4n) is 1.93. The molecule has 0 bridgehead atoms. The molecule has 1 amide bonds. The number of hydrogen-bond donors (Lipinski definition) is 2. The van der Waals surface area contributed by atoms with Crippen LogP contribution in [0.15, 0.2) is 6.07 Å². The van der Waals surface area contributed by atoms with Crippen molar-refractivity contribution < 1.29 is 9.90 Å². The smallest absolute Gasteiger partial charge is 0.222 e. The summed E-state index contributed by atoms with van der Waals surface area (Å²) in [4.78, 5) is 11.7. The Labute approximate surface area is 108 Å². The molecule has 0 saturated heterocycles. The summed E-state index contributed by atoms with van der Waals surface area (Å²) in [6, 6.07) is 2.12. The highest BCUT2D eigenvalue weighted by Crippen LogP contribution is 2.03. The molecule has 0 spiro atoms. The molecule has 1 unspecified atom stereocenters. The molecule has 102 valence electrons. The van der Waals surface area contributed by atoms with Gasteiger partial charge in [0.05, 0.1) is 5.69 Å². The maximum Gasteiger partial charge on any atom is 0.222 e. The third-order valence-electron chi connectivity index (χ3n) is 2.86. The van der Waals surface area contributed by atoms with Gasteiger partial charge < -0.3 is 10.4 Å². The summed E-state index contributed by atoms with van der Waals surface area (Å²) in [6.07, 6.45) is 1.96. The summed E-state index contributed by atoms with van der Waals surface area (Å²) in [6.45, 7) is 6.67. The quantitative estimate of drug-likeness (QED) is 0.766. The van der Waals surface area contributed by atoms with E-state index in [0.717, 1.165) is 24.2 Å². The lowest BCUT2D eigenvalue weighted by Gasteiger charge is -2.13. The predicted molar refractivity (Wildman–Crippen MR) is 70.2 cm³/mol. The fourth-order valence-corrected chi connectivity index (χ4v) is 1.93. The average molecular weight is 253 g/mol. The normalized spacial score (nSPS) is 12.4. The first-order chi connectivity index (χ1) is 8.52. The molecule has 0 aliphatic heterocycles. The van der Waals surface area contributed by atoms with Crippen LogP contribution in [0.5, 0.6) is 0 Å². The summed E-state index contributed by atoms with van der Waals surface area (Å²) in [7, 11) is 0. The van der Waals surface area contributed by atoms with Crippen molar-refractivity contribution in [2.75, 3.05) is 6.61 Å². The number of aliphatic hydroxyl groups is 1. The molecule has 1 atom stereocenters. The Bertz CT molecular complexity index is 388. The molecule has 0 fully saturated rings. The van der Waals surface area contributed by atoms with Crippen molar-refractivity contribution >= 4 is 5.91 Å². The summed E-state index contributed by atoms with van der Waals surface area (Å²) in [5.41, 5.74) is 2.05.